The van der Waals surface area contributed by atoms with Crippen LogP contribution in [-0.4, -0.2) is 33.5 Å². The largest absolute Gasteiger partial charge is 0.508 e. The Hall–Kier alpha value is -1.67. The molecule has 1 aromatic rings. The van der Waals surface area contributed by atoms with Crippen molar-refractivity contribution in [3.05, 3.63) is 24.3 Å². The van der Waals surface area contributed by atoms with Gasteiger partial charge >= 0.3 is 5.97 Å². The fourth-order valence-electron chi connectivity index (χ4n) is 0.786. The summed E-state index contributed by atoms with van der Waals surface area (Å²) in [7, 11) is 0. The highest BCUT2D eigenvalue weighted by atomic mass is 17.1. The highest BCUT2D eigenvalue weighted by molar-refractivity contribution is 5.73. The molecule has 0 heterocycles. The standard InChI is InChI=1S/C8H9NO6/c10-6-1-3-7(4-2-6)15-8(11)5-14-9(12)13/h1-4,10,12-13H,5H2. The topological polar surface area (TPSA) is 99.5 Å². The zero-order chi connectivity index (χ0) is 11.3. The summed E-state index contributed by atoms with van der Waals surface area (Å²) in [5.41, 5.74) is 0. The maximum Gasteiger partial charge on any atom is 0.339 e. The third kappa shape index (κ3) is 4.38. The Morgan fingerprint density at radius 3 is 2.40 bits per heavy atom. The summed E-state index contributed by atoms with van der Waals surface area (Å²) in [4.78, 5) is 15.0. The molecule has 0 aliphatic carbocycles. The molecule has 82 valence electrons. The molecule has 0 saturated heterocycles. The molecule has 0 amide bonds. The van der Waals surface area contributed by atoms with Crippen LogP contribution < -0.4 is 4.74 Å². The zero-order valence-electron chi connectivity index (χ0n) is 7.53. The molecule has 0 aliphatic rings. The first-order valence-electron chi connectivity index (χ1n) is 3.88. The summed E-state index contributed by atoms with van der Waals surface area (Å²) in [5.74, 6) is -0.555. The molecule has 0 spiro atoms. The molecule has 0 unspecified atom stereocenters. The van der Waals surface area contributed by atoms with Gasteiger partial charge in [-0.1, -0.05) is 0 Å². The second-order valence-electron chi connectivity index (χ2n) is 2.49. The van der Waals surface area contributed by atoms with Crippen LogP contribution in [0.3, 0.4) is 0 Å². The van der Waals surface area contributed by atoms with Crippen molar-refractivity contribution in [3.8, 4) is 11.5 Å². The van der Waals surface area contributed by atoms with Crippen LogP contribution in [0.25, 0.3) is 0 Å². The lowest BCUT2D eigenvalue weighted by molar-refractivity contribution is -0.489. The molecule has 0 atom stereocenters. The lowest BCUT2D eigenvalue weighted by Gasteiger charge is -2.06. The number of nitrogens with zero attached hydrogens (tertiary/aromatic N) is 1. The van der Waals surface area contributed by atoms with E-state index in [9.17, 15) is 4.79 Å². The third-order valence-electron chi connectivity index (χ3n) is 1.37. The van der Waals surface area contributed by atoms with Gasteiger partial charge in [0.25, 0.3) is 0 Å². The van der Waals surface area contributed by atoms with E-state index in [-0.39, 0.29) is 11.5 Å². The van der Waals surface area contributed by atoms with Gasteiger partial charge in [-0.25, -0.2) is 9.63 Å². The van der Waals surface area contributed by atoms with Crippen molar-refractivity contribution in [2.45, 2.75) is 0 Å². The van der Waals surface area contributed by atoms with Crippen LogP contribution in [0.1, 0.15) is 0 Å². The molecule has 0 bridgehead atoms. The maximum atomic E-state index is 10.9. The van der Waals surface area contributed by atoms with E-state index in [2.05, 4.69) is 4.84 Å². The van der Waals surface area contributed by atoms with E-state index in [0.29, 0.717) is 0 Å². The normalized spacial score (nSPS) is 10.3. The minimum atomic E-state index is -0.811. The summed E-state index contributed by atoms with van der Waals surface area (Å²) in [5, 5.41) is 24.6. The van der Waals surface area contributed by atoms with E-state index in [1.807, 2.05) is 0 Å². The second kappa shape index (κ2) is 5.27. The van der Waals surface area contributed by atoms with Crippen molar-refractivity contribution in [3.63, 3.8) is 0 Å². The molecule has 7 heteroatoms. The number of hydrogen-bond acceptors (Lipinski definition) is 7. The molecular formula is C8H9NO6. The highest BCUT2D eigenvalue weighted by Crippen LogP contribution is 2.15. The number of carbonyl (C=O) groups excluding carboxylic acids is 1. The van der Waals surface area contributed by atoms with Gasteiger partial charge < -0.3 is 9.84 Å². The number of esters is 1. The van der Waals surface area contributed by atoms with Gasteiger partial charge in [0.15, 0.2) is 6.61 Å². The van der Waals surface area contributed by atoms with Crippen LogP contribution in [0.15, 0.2) is 24.3 Å². The van der Waals surface area contributed by atoms with Crippen molar-refractivity contribution >= 4 is 5.97 Å². The number of phenolic OH excluding ortho intramolecular Hbond substituents is 1. The molecule has 15 heavy (non-hydrogen) atoms. The number of rotatable bonds is 4. The van der Waals surface area contributed by atoms with Crippen molar-refractivity contribution in [1.82, 2.24) is 5.39 Å². The molecule has 0 fully saturated rings. The molecule has 7 nitrogen and oxygen atoms in total. The van der Waals surface area contributed by atoms with Gasteiger partial charge in [-0.2, -0.15) is 0 Å². The average molecular weight is 215 g/mol. The maximum absolute atomic E-state index is 10.9. The van der Waals surface area contributed by atoms with Crippen molar-refractivity contribution in [2.75, 3.05) is 6.61 Å². The summed E-state index contributed by atoms with van der Waals surface area (Å²) in [6.45, 7) is -0.645. The lowest BCUT2D eigenvalue weighted by atomic mass is 10.3. The van der Waals surface area contributed by atoms with Crippen LogP contribution in [-0.2, 0) is 9.63 Å². The Morgan fingerprint density at radius 2 is 1.87 bits per heavy atom. The lowest BCUT2D eigenvalue weighted by Crippen LogP contribution is -2.23. The third-order valence-corrected chi connectivity index (χ3v) is 1.37. The number of carbonyl (C=O) groups is 1. The molecule has 3 N–H and O–H groups in total. The van der Waals surface area contributed by atoms with E-state index in [1.165, 1.54) is 24.3 Å². The van der Waals surface area contributed by atoms with E-state index < -0.39 is 18.0 Å². The Labute approximate surface area is 84.6 Å². The molecule has 0 aromatic heterocycles. The highest BCUT2D eigenvalue weighted by Gasteiger charge is 2.07. The van der Waals surface area contributed by atoms with Crippen LogP contribution in [0.5, 0.6) is 11.5 Å². The van der Waals surface area contributed by atoms with Crippen molar-refractivity contribution < 1.29 is 29.9 Å². The summed E-state index contributed by atoms with van der Waals surface area (Å²) in [6, 6.07) is 5.44. The fraction of sp³-hybridized carbons (Fsp3) is 0.125. The molecule has 0 radical (unpaired) electrons. The van der Waals surface area contributed by atoms with Crippen LogP contribution in [0, 0.1) is 0 Å². The predicted octanol–water partition coefficient (Wildman–Crippen LogP) is 0.310. The van der Waals surface area contributed by atoms with E-state index in [4.69, 9.17) is 20.3 Å². The van der Waals surface area contributed by atoms with Gasteiger partial charge in [0.2, 0.25) is 0 Å². The first kappa shape index (κ1) is 11.4. The van der Waals surface area contributed by atoms with E-state index in [1.54, 1.807) is 0 Å². The van der Waals surface area contributed by atoms with Gasteiger partial charge in [-0.05, 0) is 24.3 Å². The SMILES string of the molecule is O=C(CON(O)O)Oc1ccc(O)cc1. The minimum absolute atomic E-state index is 0.0444. The van der Waals surface area contributed by atoms with E-state index >= 15 is 0 Å². The monoisotopic (exact) mass is 215 g/mol. The number of phenols is 1. The molecular weight excluding hydrogens is 206 g/mol. The van der Waals surface area contributed by atoms with Gasteiger partial charge in [0, 0.05) is 0 Å². The fourth-order valence-corrected chi connectivity index (χ4v) is 0.786. The zero-order valence-corrected chi connectivity index (χ0v) is 7.53. The summed E-state index contributed by atoms with van der Waals surface area (Å²) in [6.07, 6.45) is 0. The Balaban J connectivity index is 2.41. The second-order valence-corrected chi connectivity index (χ2v) is 2.49. The smallest absolute Gasteiger partial charge is 0.339 e. The van der Waals surface area contributed by atoms with Gasteiger partial charge in [0.05, 0.1) is 5.39 Å². The minimum Gasteiger partial charge on any atom is -0.508 e. The first-order valence-corrected chi connectivity index (χ1v) is 3.88. The number of hydrogen-bond donors (Lipinski definition) is 3. The van der Waals surface area contributed by atoms with Gasteiger partial charge in [0.1, 0.15) is 11.5 Å². The van der Waals surface area contributed by atoms with Crippen LogP contribution >= 0.6 is 0 Å². The van der Waals surface area contributed by atoms with Gasteiger partial charge in [-0.15, -0.1) is 0 Å². The average Bonchev–Trinajstić information content (AvgIpc) is 2.19. The Morgan fingerprint density at radius 1 is 1.27 bits per heavy atom. The number of benzene rings is 1. The van der Waals surface area contributed by atoms with E-state index in [0.717, 1.165) is 0 Å². The van der Waals surface area contributed by atoms with Crippen LogP contribution in [0.2, 0.25) is 0 Å². The predicted molar refractivity (Wildman–Crippen MR) is 45.1 cm³/mol. The van der Waals surface area contributed by atoms with Crippen molar-refractivity contribution in [1.29, 1.82) is 0 Å². The molecule has 0 aliphatic heterocycles. The molecule has 0 saturated carbocycles. The summed E-state index contributed by atoms with van der Waals surface area (Å²) < 4.78 is 4.70. The number of aromatic hydroxyl groups is 1. The Bertz CT molecular complexity index is 322. The molecule has 1 rings (SSSR count). The van der Waals surface area contributed by atoms with Gasteiger partial charge in [-0.3, -0.25) is 10.4 Å². The number of ether oxygens (including phenoxy) is 1. The summed E-state index contributed by atoms with van der Waals surface area (Å²) >= 11 is 0. The quantitative estimate of drug-likeness (QED) is 0.377. The van der Waals surface area contributed by atoms with Crippen molar-refractivity contribution in [2.24, 2.45) is 0 Å². The van der Waals surface area contributed by atoms with Crippen LogP contribution in [0.4, 0.5) is 0 Å². The first-order chi connectivity index (χ1) is 7.08. The Kier molecular flexibility index (Phi) is 4.01. The molecule has 1 aromatic carbocycles.